The lowest BCUT2D eigenvalue weighted by Crippen LogP contribution is -2.59. The van der Waals surface area contributed by atoms with Gasteiger partial charge in [-0.2, -0.15) is 0 Å². The number of methoxy groups -OCH3 is 1. The largest absolute Gasteiger partial charge is 0.468 e. The van der Waals surface area contributed by atoms with Crippen LogP contribution in [0.4, 0.5) is 0 Å². The first-order valence-corrected chi connectivity index (χ1v) is 5.84. The number of carbonyl (C=O) groups excluding carboxylic acids is 1. The number of esters is 1. The summed E-state index contributed by atoms with van der Waals surface area (Å²) in [6, 6.07) is 0. The molecule has 1 aliphatic carbocycles. The third kappa shape index (κ3) is 1.88. The molecule has 1 heterocycles. The van der Waals surface area contributed by atoms with Crippen molar-refractivity contribution in [2.24, 2.45) is 0 Å². The summed E-state index contributed by atoms with van der Waals surface area (Å²) in [6.07, 6.45) is 4.25. The molecular formula is C11H20N2O2. The van der Waals surface area contributed by atoms with E-state index in [-0.39, 0.29) is 11.5 Å². The quantitative estimate of drug-likeness (QED) is 0.672. The highest BCUT2D eigenvalue weighted by molar-refractivity contribution is 5.81. The Morgan fingerprint density at radius 1 is 1.27 bits per heavy atom. The van der Waals surface area contributed by atoms with Gasteiger partial charge < -0.3 is 10.1 Å². The zero-order valence-electron chi connectivity index (χ0n) is 9.42. The fraction of sp³-hybridized carbons (Fsp3) is 0.909. The van der Waals surface area contributed by atoms with Crippen molar-refractivity contribution in [1.29, 1.82) is 0 Å². The Bertz CT molecular complexity index is 231. The molecule has 0 spiro atoms. The van der Waals surface area contributed by atoms with Crippen LogP contribution in [-0.4, -0.2) is 49.7 Å². The average molecular weight is 212 g/mol. The number of hydrogen-bond acceptors (Lipinski definition) is 4. The Balaban J connectivity index is 2.13. The number of carbonyl (C=O) groups is 1. The summed E-state index contributed by atoms with van der Waals surface area (Å²) < 4.78 is 4.99. The lowest BCUT2D eigenvalue weighted by molar-refractivity contribution is -0.155. The van der Waals surface area contributed by atoms with E-state index in [4.69, 9.17) is 4.74 Å². The summed E-state index contributed by atoms with van der Waals surface area (Å²) in [4.78, 5) is 14.3. The van der Waals surface area contributed by atoms with Gasteiger partial charge in [0.05, 0.1) is 7.11 Å². The zero-order valence-corrected chi connectivity index (χ0v) is 9.42. The topological polar surface area (TPSA) is 41.6 Å². The molecule has 0 unspecified atom stereocenters. The monoisotopic (exact) mass is 212 g/mol. The van der Waals surface area contributed by atoms with Crippen molar-refractivity contribution in [1.82, 2.24) is 10.2 Å². The highest BCUT2D eigenvalue weighted by Crippen LogP contribution is 2.36. The highest BCUT2D eigenvalue weighted by atomic mass is 16.5. The second-order valence-corrected chi connectivity index (χ2v) is 4.47. The first-order chi connectivity index (χ1) is 7.29. The minimum atomic E-state index is -0.295. The summed E-state index contributed by atoms with van der Waals surface area (Å²) in [5, 5.41) is 3.32. The van der Waals surface area contributed by atoms with E-state index in [0.717, 1.165) is 51.9 Å². The number of nitrogens with one attached hydrogen (secondary N) is 1. The van der Waals surface area contributed by atoms with Crippen LogP contribution in [-0.2, 0) is 9.53 Å². The summed E-state index contributed by atoms with van der Waals surface area (Å²) in [7, 11) is 1.50. The molecule has 0 amide bonds. The number of rotatable bonds is 2. The van der Waals surface area contributed by atoms with Crippen molar-refractivity contribution in [3.05, 3.63) is 0 Å². The maximum absolute atomic E-state index is 12.0. The van der Waals surface area contributed by atoms with Gasteiger partial charge in [-0.3, -0.25) is 9.69 Å². The molecule has 86 valence electrons. The second-order valence-electron chi connectivity index (χ2n) is 4.47. The number of piperazine rings is 1. The Labute approximate surface area is 91.0 Å². The van der Waals surface area contributed by atoms with Crippen molar-refractivity contribution in [3.63, 3.8) is 0 Å². The molecule has 0 radical (unpaired) electrons. The number of nitrogens with zero attached hydrogens (tertiary/aromatic N) is 1. The smallest absolute Gasteiger partial charge is 0.326 e. The maximum atomic E-state index is 12.0. The third-order valence-electron chi connectivity index (χ3n) is 3.72. The fourth-order valence-corrected chi connectivity index (χ4v) is 2.89. The molecule has 1 saturated carbocycles. The van der Waals surface area contributed by atoms with E-state index in [9.17, 15) is 4.79 Å². The fourth-order valence-electron chi connectivity index (χ4n) is 2.89. The summed E-state index contributed by atoms with van der Waals surface area (Å²) in [5.74, 6) is -0.0260. The molecule has 2 rings (SSSR count). The van der Waals surface area contributed by atoms with Crippen LogP contribution < -0.4 is 5.32 Å². The van der Waals surface area contributed by atoms with Gasteiger partial charge >= 0.3 is 5.97 Å². The van der Waals surface area contributed by atoms with Gasteiger partial charge in [0.1, 0.15) is 5.54 Å². The van der Waals surface area contributed by atoms with E-state index in [1.54, 1.807) is 0 Å². The first-order valence-electron chi connectivity index (χ1n) is 5.84. The number of hydrogen-bond donors (Lipinski definition) is 1. The molecule has 0 aromatic heterocycles. The van der Waals surface area contributed by atoms with Gasteiger partial charge in [-0.1, -0.05) is 12.8 Å². The van der Waals surface area contributed by atoms with Crippen molar-refractivity contribution in [3.8, 4) is 0 Å². The van der Waals surface area contributed by atoms with Crippen molar-refractivity contribution < 1.29 is 9.53 Å². The van der Waals surface area contributed by atoms with Crippen LogP contribution in [0.3, 0.4) is 0 Å². The molecule has 0 atom stereocenters. The highest BCUT2D eigenvalue weighted by Gasteiger charge is 2.47. The van der Waals surface area contributed by atoms with E-state index in [1.165, 1.54) is 7.11 Å². The predicted molar refractivity (Wildman–Crippen MR) is 57.7 cm³/mol. The minimum absolute atomic E-state index is 0.0260. The van der Waals surface area contributed by atoms with E-state index < -0.39 is 0 Å². The third-order valence-corrected chi connectivity index (χ3v) is 3.72. The first kappa shape index (κ1) is 10.9. The zero-order chi connectivity index (χ0) is 10.7. The van der Waals surface area contributed by atoms with Crippen LogP contribution in [0, 0.1) is 0 Å². The molecule has 1 aliphatic heterocycles. The molecule has 1 saturated heterocycles. The van der Waals surface area contributed by atoms with Crippen molar-refractivity contribution >= 4 is 5.97 Å². The molecule has 15 heavy (non-hydrogen) atoms. The lowest BCUT2D eigenvalue weighted by Gasteiger charge is -2.41. The van der Waals surface area contributed by atoms with Gasteiger partial charge in [0.15, 0.2) is 0 Å². The van der Waals surface area contributed by atoms with Gasteiger partial charge in [-0.15, -0.1) is 0 Å². The van der Waals surface area contributed by atoms with Gasteiger partial charge in [-0.05, 0) is 12.8 Å². The van der Waals surface area contributed by atoms with Gasteiger partial charge in [-0.25, -0.2) is 0 Å². The lowest BCUT2D eigenvalue weighted by atomic mass is 9.94. The molecule has 0 aromatic rings. The SMILES string of the molecule is COC(=O)C1(N2CCNCC2)CCCC1. The average Bonchev–Trinajstić information content (AvgIpc) is 2.79. The van der Waals surface area contributed by atoms with E-state index >= 15 is 0 Å². The van der Waals surface area contributed by atoms with Crippen LogP contribution in [0.2, 0.25) is 0 Å². The normalized spacial score (nSPS) is 26.5. The summed E-state index contributed by atoms with van der Waals surface area (Å²) in [6.45, 7) is 3.90. The predicted octanol–water partition coefficient (Wildman–Crippen LogP) is 0.377. The Morgan fingerprint density at radius 2 is 1.87 bits per heavy atom. The van der Waals surface area contributed by atoms with Gasteiger partial charge in [0.2, 0.25) is 0 Å². The number of ether oxygens (including phenoxy) is 1. The minimum Gasteiger partial charge on any atom is -0.468 e. The molecule has 2 fully saturated rings. The van der Waals surface area contributed by atoms with Crippen molar-refractivity contribution in [2.45, 2.75) is 31.2 Å². The molecule has 4 nitrogen and oxygen atoms in total. The van der Waals surface area contributed by atoms with Gasteiger partial charge in [0.25, 0.3) is 0 Å². The second kappa shape index (κ2) is 4.49. The van der Waals surface area contributed by atoms with E-state index in [1.807, 2.05) is 0 Å². The van der Waals surface area contributed by atoms with Gasteiger partial charge in [0, 0.05) is 26.2 Å². The van der Waals surface area contributed by atoms with Crippen LogP contribution in [0.5, 0.6) is 0 Å². The molecule has 0 bridgehead atoms. The molecule has 2 aliphatic rings. The van der Waals surface area contributed by atoms with Crippen LogP contribution in [0.1, 0.15) is 25.7 Å². The van der Waals surface area contributed by atoms with Crippen molar-refractivity contribution in [2.75, 3.05) is 33.3 Å². The van der Waals surface area contributed by atoms with Crippen LogP contribution in [0.25, 0.3) is 0 Å². The Hall–Kier alpha value is -0.610. The molecule has 4 heteroatoms. The molecule has 0 aromatic carbocycles. The Kier molecular flexibility index (Phi) is 3.26. The standard InChI is InChI=1S/C11H20N2O2/c1-15-10(14)11(4-2-3-5-11)13-8-6-12-7-9-13/h12H,2-9H2,1H3. The summed E-state index contributed by atoms with van der Waals surface area (Å²) in [5.41, 5.74) is -0.295. The van der Waals surface area contributed by atoms with Crippen LogP contribution >= 0.6 is 0 Å². The molecular weight excluding hydrogens is 192 g/mol. The van der Waals surface area contributed by atoms with Crippen LogP contribution in [0.15, 0.2) is 0 Å². The summed E-state index contributed by atoms with van der Waals surface area (Å²) >= 11 is 0. The molecule has 1 N–H and O–H groups in total. The van der Waals surface area contributed by atoms with E-state index in [2.05, 4.69) is 10.2 Å². The Morgan fingerprint density at radius 3 is 2.40 bits per heavy atom. The van der Waals surface area contributed by atoms with E-state index in [0.29, 0.717) is 0 Å². The maximum Gasteiger partial charge on any atom is 0.326 e.